The molecule has 1 N–H and O–H groups in total. The third-order valence-electron chi connectivity index (χ3n) is 4.35. The van der Waals surface area contributed by atoms with E-state index in [4.69, 9.17) is 9.90 Å². The lowest BCUT2D eigenvalue weighted by Crippen LogP contribution is -2.34. The molecule has 7 nitrogen and oxygen atoms in total. The van der Waals surface area contributed by atoms with Crippen LogP contribution in [0.3, 0.4) is 0 Å². The smallest absolute Gasteiger partial charge is 0.475 e. The predicted molar refractivity (Wildman–Crippen MR) is 97.4 cm³/mol. The topological polar surface area (TPSA) is 96.3 Å². The van der Waals surface area contributed by atoms with E-state index >= 15 is 0 Å². The normalized spacial score (nSPS) is 13.6. The molecule has 10 heteroatoms. The monoisotopic (exact) mass is 410 g/mol. The molecule has 0 aliphatic carbocycles. The number of carboxylic acids is 1. The molecule has 0 bridgehead atoms. The molecular weight excluding hydrogens is 389 g/mol. The summed E-state index contributed by atoms with van der Waals surface area (Å²) in [6.45, 7) is 5.38. The van der Waals surface area contributed by atoms with Crippen molar-refractivity contribution in [3.05, 3.63) is 52.9 Å². The molecule has 0 atom stereocenters. The Bertz CT molecular complexity index is 887. The van der Waals surface area contributed by atoms with Crippen LogP contribution in [-0.2, 0) is 24.1 Å². The number of aryl methyl sites for hydroxylation is 2. The maximum absolute atomic E-state index is 12.6. The second-order valence-electron chi connectivity index (χ2n) is 6.36. The third kappa shape index (κ3) is 5.97. The zero-order valence-electron chi connectivity index (χ0n) is 16.0. The Morgan fingerprint density at radius 2 is 1.83 bits per heavy atom. The maximum atomic E-state index is 12.6. The van der Waals surface area contributed by atoms with E-state index < -0.39 is 12.1 Å². The molecule has 0 unspecified atom stereocenters. The summed E-state index contributed by atoms with van der Waals surface area (Å²) in [6.07, 6.45) is -0.950. The van der Waals surface area contributed by atoms with Gasteiger partial charge in [0.05, 0.1) is 0 Å². The van der Waals surface area contributed by atoms with Gasteiger partial charge in [0.2, 0.25) is 0 Å². The Morgan fingerprint density at radius 1 is 1.17 bits per heavy atom. The van der Waals surface area contributed by atoms with E-state index in [2.05, 4.69) is 21.9 Å². The van der Waals surface area contributed by atoms with E-state index in [1.807, 2.05) is 24.0 Å². The molecule has 0 aromatic carbocycles. The minimum atomic E-state index is -5.08. The van der Waals surface area contributed by atoms with Gasteiger partial charge in [0.25, 0.3) is 5.91 Å². The van der Waals surface area contributed by atoms with Crippen molar-refractivity contribution < 1.29 is 27.9 Å². The number of halogens is 3. The molecule has 0 fully saturated rings. The fraction of sp³-hybridized carbons (Fsp3) is 0.421. The minimum absolute atomic E-state index is 0.00233. The number of nitrogens with zero attached hydrogens (tertiary/aromatic N) is 4. The average Bonchev–Trinajstić information content (AvgIpc) is 2.89. The van der Waals surface area contributed by atoms with Gasteiger partial charge in [-0.1, -0.05) is 13.0 Å². The van der Waals surface area contributed by atoms with Gasteiger partial charge >= 0.3 is 12.1 Å². The molecule has 2 aromatic heterocycles. The fourth-order valence-electron chi connectivity index (χ4n) is 2.93. The molecule has 2 aromatic rings. The number of carbonyl (C=O) groups is 2. The van der Waals surface area contributed by atoms with Gasteiger partial charge in [-0.15, -0.1) is 0 Å². The van der Waals surface area contributed by atoms with Crippen LogP contribution in [-0.4, -0.2) is 56.1 Å². The number of alkyl halides is 3. The van der Waals surface area contributed by atoms with Crippen LogP contribution in [0.2, 0.25) is 0 Å². The Labute approximate surface area is 165 Å². The summed E-state index contributed by atoms with van der Waals surface area (Å²) in [4.78, 5) is 36.5. The fourth-order valence-corrected chi connectivity index (χ4v) is 2.93. The zero-order chi connectivity index (χ0) is 21.6. The largest absolute Gasteiger partial charge is 0.490 e. The number of fused-ring (bicyclic) bond motifs is 1. The molecule has 0 saturated heterocycles. The van der Waals surface area contributed by atoms with Crippen LogP contribution in [0.25, 0.3) is 0 Å². The zero-order valence-corrected chi connectivity index (χ0v) is 16.0. The molecule has 3 rings (SSSR count). The Morgan fingerprint density at radius 3 is 2.41 bits per heavy atom. The second kappa shape index (κ2) is 9.44. The number of carbonyl (C=O) groups excluding carboxylic acids is 1. The first-order chi connectivity index (χ1) is 13.6. The highest BCUT2D eigenvalue weighted by Gasteiger charge is 2.38. The van der Waals surface area contributed by atoms with Crippen LogP contribution >= 0.6 is 0 Å². The number of hydrogen-bond acceptors (Lipinski definition) is 5. The summed E-state index contributed by atoms with van der Waals surface area (Å²) in [5.74, 6) is -2.75. The van der Waals surface area contributed by atoms with Crippen LogP contribution < -0.4 is 0 Å². The third-order valence-corrected chi connectivity index (χ3v) is 4.35. The highest BCUT2D eigenvalue weighted by atomic mass is 19.4. The number of hydrogen-bond donors (Lipinski definition) is 1. The number of aromatic nitrogens is 3. The molecule has 29 heavy (non-hydrogen) atoms. The van der Waals surface area contributed by atoms with E-state index in [1.54, 1.807) is 12.4 Å². The van der Waals surface area contributed by atoms with Crippen molar-refractivity contribution in [2.75, 3.05) is 13.1 Å². The summed E-state index contributed by atoms with van der Waals surface area (Å²) in [5, 5.41) is 7.12. The second-order valence-corrected chi connectivity index (χ2v) is 6.36. The van der Waals surface area contributed by atoms with Crippen molar-refractivity contribution in [3.8, 4) is 0 Å². The highest BCUT2D eigenvalue weighted by Crippen LogP contribution is 2.18. The van der Waals surface area contributed by atoms with Crippen molar-refractivity contribution >= 4 is 11.9 Å². The molecule has 0 saturated carbocycles. The molecule has 1 amide bonds. The van der Waals surface area contributed by atoms with Crippen LogP contribution in [0.1, 0.15) is 40.1 Å². The molecular formula is C19H21F3N4O3. The SMILES string of the molecule is CCc1ncnc2c1CCN(C(=O)c1cccc(C)n1)CC2.O=C(O)C(F)(F)F. The van der Waals surface area contributed by atoms with Gasteiger partial charge in [-0.05, 0) is 37.5 Å². The van der Waals surface area contributed by atoms with E-state index in [9.17, 15) is 18.0 Å². The Balaban J connectivity index is 0.000000370. The van der Waals surface area contributed by atoms with Crippen molar-refractivity contribution in [2.24, 2.45) is 0 Å². The lowest BCUT2D eigenvalue weighted by molar-refractivity contribution is -0.192. The standard InChI is InChI=1S/C17H20N4O.C2HF3O2/c1-3-14-13-7-9-21(10-8-15(13)19-11-18-14)17(22)16-6-4-5-12(2)20-16;3-2(4,5)1(6)7/h4-6,11H,3,7-10H2,1-2H3;(H,6,7). The molecule has 0 spiro atoms. The summed E-state index contributed by atoms with van der Waals surface area (Å²) < 4.78 is 31.7. The summed E-state index contributed by atoms with van der Waals surface area (Å²) in [7, 11) is 0. The quantitative estimate of drug-likeness (QED) is 0.818. The van der Waals surface area contributed by atoms with E-state index in [-0.39, 0.29) is 5.91 Å². The molecule has 156 valence electrons. The number of amides is 1. The van der Waals surface area contributed by atoms with Gasteiger partial charge in [-0.2, -0.15) is 13.2 Å². The molecule has 1 aliphatic heterocycles. The van der Waals surface area contributed by atoms with Gasteiger partial charge in [0.15, 0.2) is 0 Å². The first-order valence-corrected chi connectivity index (χ1v) is 8.98. The number of rotatable bonds is 2. The van der Waals surface area contributed by atoms with Crippen LogP contribution in [0.5, 0.6) is 0 Å². The van der Waals surface area contributed by atoms with Gasteiger partial charge < -0.3 is 10.0 Å². The minimum Gasteiger partial charge on any atom is -0.475 e. The van der Waals surface area contributed by atoms with E-state index in [1.165, 1.54) is 5.56 Å². The highest BCUT2D eigenvalue weighted by molar-refractivity contribution is 5.92. The van der Waals surface area contributed by atoms with E-state index in [0.29, 0.717) is 18.8 Å². The number of pyridine rings is 1. The molecule has 3 heterocycles. The van der Waals surface area contributed by atoms with Crippen molar-refractivity contribution in [2.45, 2.75) is 39.3 Å². The summed E-state index contributed by atoms with van der Waals surface area (Å²) in [6, 6.07) is 5.56. The number of aliphatic carboxylic acids is 1. The average molecular weight is 410 g/mol. The lowest BCUT2D eigenvalue weighted by atomic mass is 10.1. The Kier molecular flexibility index (Phi) is 7.24. The Hall–Kier alpha value is -3.04. The molecule has 0 radical (unpaired) electrons. The number of carboxylic acid groups (broad SMARTS) is 1. The van der Waals surface area contributed by atoms with Crippen molar-refractivity contribution in [3.63, 3.8) is 0 Å². The maximum Gasteiger partial charge on any atom is 0.490 e. The van der Waals surface area contributed by atoms with Crippen LogP contribution in [0.15, 0.2) is 24.5 Å². The summed E-state index contributed by atoms with van der Waals surface area (Å²) in [5.41, 5.74) is 4.79. The van der Waals surface area contributed by atoms with Crippen molar-refractivity contribution in [1.82, 2.24) is 19.9 Å². The molecule has 1 aliphatic rings. The van der Waals surface area contributed by atoms with Crippen molar-refractivity contribution in [1.29, 1.82) is 0 Å². The van der Waals surface area contributed by atoms with Gasteiger partial charge in [-0.25, -0.2) is 19.7 Å². The van der Waals surface area contributed by atoms with E-state index in [0.717, 1.165) is 36.3 Å². The summed E-state index contributed by atoms with van der Waals surface area (Å²) >= 11 is 0. The first kappa shape index (κ1) is 22.3. The van der Waals surface area contributed by atoms with Crippen LogP contribution in [0, 0.1) is 6.92 Å². The van der Waals surface area contributed by atoms with Crippen LogP contribution in [0.4, 0.5) is 13.2 Å². The van der Waals surface area contributed by atoms with Gasteiger partial charge in [0, 0.05) is 36.6 Å². The predicted octanol–water partition coefficient (Wildman–Crippen LogP) is 2.62. The van der Waals surface area contributed by atoms with Gasteiger partial charge in [-0.3, -0.25) is 4.79 Å². The van der Waals surface area contributed by atoms with Gasteiger partial charge in [0.1, 0.15) is 12.0 Å². The first-order valence-electron chi connectivity index (χ1n) is 8.98. The lowest BCUT2D eigenvalue weighted by Gasteiger charge is -2.19.